The van der Waals surface area contributed by atoms with Crippen LogP contribution in [0.1, 0.15) is 60.0 Å². The molecule has 0 spiro atoms. The third-order valence-electron chi connectivity index (χ3n) is 6.96. The van der Waals surface area contributed by atoms with Gasteiger partial charge in [0.05, 0.1) is 5.75 Å². The summed E-state index contributed by atoms with van der Waals surface area (Å²) in [5.41, 5.74) is 6.59. The van der Waals surface area contributed by atoms with Crippen molar-refractivity contribution < 1.29 is 13.2 Å². The fourth-order valence-corrected chi connectivity index (χ4v) is 6.23. The zero-order valence-corrected chi connectivity index (χ0v) is 18.7. The first-order chi connectivity index (χ1) is 15.0. The van der Waals surface area contributed by atoms with Gasteiger partial charge in [0.25, 0.3) is 0 Å². The van der Waals surface area contributed by atoms with Gasteiger partial charge in [0.2, 0.25) is 10.0 Å². The fourth-order valence-electron chi connectivity index (χ4n) is 5.09. The van der Waals surface area contributed by atoms with Gasteiger partial charge in [-0.25, -0.2) is 12.7 Å². The van der Waals surface area contributed by atoms with Crippen molar-refractivity contribution in [3.05, 3.63) is 59.3 Å². The molecule has 2 aliphatic rings. The van der Waals surface area contributed by atoms with Crippen molar-refractivity contribution in [3.63, 3.8) is 0 Å². The summed E-state index contributed by atoms with van der Waals surface area (Å²) in [5.74, 6) is 0.759. The summed E-state index contributed by atoms with van der Waals surface area (Å²) in [4.78, 5) is 15.8. The van der Waals surface area contributed by atoms with Crippen LogP contribution in [0.25, 0.3) is 22.0 Å². The molecule has 2 aromatic carbocycles. The lowest BCUT2D eigenvalue weighted by Gasteiger charge is -2.30. The van der Waals surface area contributed by atoms with Crippen molar-refractivity contribution in [2.75, 3.05) is 18.8 Å². The van der Waals surface area contributed by atoms with Gasteiger partial charge in [0.15, 0.2) is 5.78 Å². The van der Waals surface area contributed by atoms with E-state index in [1.807, 2.05) is 0 Å². The Morgan fingerprint density at radius 3 is 2.55 bits per heavy atom. The molecule has 1 aliphatic heterocycles. The van der Waals surface area contributed by atoms with Crippen LogP contribution in [0.15, 0.2) is 42.6 Å². The Bertz CT molecular complexity index is 1250. The molecular formula is C25H28N2O3S. The van der Waals surface area contributed by atoms with Gasteiger partial charge in [-0.2, -0.15) is 0 Å². The van der Waals surface area contributed by atoms with E-state index in [-0.39, 0.29) is 11.5 Å². The zero-order valence-electron chi connectivity index (χ0n) is 17.9. The van der Waals surface area contributed by atoms with Gasteiger partial charge in [0.1, 0.15) is 0 Å². The molecule has 2 heterocycles. The summed E-state index contributed by atoms with van der Waals surface area (Å²) in [6, 6.07) is 12.7. The normalized spacial score (nSPS) is 18.4. The van der Waals surface area contributed by atoms with E-state index in [0.29, 0.717) is 25.4 Å². The Hall–Kier alpha value is -2.44. The number of hydrogen-bond acceptors (Lipinski definition) is 3. The maximum atomic E-state index is 12.4. The summed E-state index contributed by atoms with van der Waals surface area (Å²) in [7, 11) is -3.11. The minimum atomic E-state index is -3.11. The average Bonchev–Trinajstić information content (AvgIpc) is 3.22. The van der Waals surface area contributed by atoms with E-state index in [0.717, 1.165) is 53.5 Å². The standard InChI is InChI=1S/C25H28N2O3S/c1-2-31(29,30)27-12-10-18(11-13-27)23-16-26-24-9-8-20(15-22(23)24)19-7-6-17-4-3-5-25(28)21(17)14-19/h6-9,14-16,18,26H,2-5,10-13H2,1H3. The number of H-pyrrole nitrogens is 1. The molecule has 31 heavy (non-hydrogen) atoms. The van der Waals surface area contributed by atoms with E-state index in [1.54, 1.807) is 11.2 Å². The van der Waals surface area contributed by atoms with E-state index in [2.05, 4.69) is 47.6 Å². The van der Waals surface area contributed by atoms with Crippen molar-refractivity contribution >= 4 is 26.7 Å². The van der Waals surface area contributed by atoms with Crippen LogP contribution in [0.5, 0.6) is 0 Å². The van der Waals surface area contributed by atoms with Gasteiger partial charge in [-0.1, -0.05) is 18.2 Å². The van der Waals surface area contributed by atoms with Gasteiger partial charge in [0, 0.05) is 42.2 Å². The Kier molecular flexibility index (Phi) is 5.22. The highest BCUT2D eigenvalue weighted by Crippen LogP contribution is 2.36. The van der Waals surface area contributed by atoms with E-state index < -0.39 is 10.0 Å². The Morgan fingerprint density at radius 2 is 1.77 bits per heavy atom. The number of nitrogens with zero attached hydrogens (tertiary/aromatic N) is 1. The van der Waals surface area contributed by atoms with Crippen molar-refractivity contribution in [1.29, 1.82) is 0 Å². The first-order valence-electron chi connectivity index (χ1n) is 11.2. The third-order valence-corrected chi connectivity index (χ3v) is 8.84. The van der Waals surface area contributed by atoms with E-state index in [9.17, 15) is 13.2 Å². The quantitative estimate of drug-likeness (QED) is 0.633. The van der Waals surface area contributed by atoms with Crippen molar-refractivity contribution in [2.45, 2.75) is 44.9 Å². The number of fused-ring (bicyclic) bond motifs is 2. The monoisotopic (exact) mass is 436 g/mol. The van der Waals surface area contributed by atoms with Crippen molar-refractivity contribution in [1.82, 2.24) is 9.29 Å². The first kappa shape index (κ1) is 20.5. The van der Waals surface area contributed by atoms with Gasteiger partial charge in [-0.3, -0.25) is 4.79 Å². The van der Waals surface area contributed by atoms with E-state index >= 15 is 0 Å². The highest BCUT2D eigenvalue weighted by atomic mass is 32.2. The van der Waals surface area contributed by atoms with Crippen LogP contribution in [-0.2, 0) is 16.4 Å². The molecule has 0 bridgehead atoms. The number of rotatable bonds is 4. The van der Waals surface area contributed by atoms with Gasteiger partial charge < -0.3 is 4.98 Å². The number of sulfonamides is 1. The average molecular weight is 437 g/mol. The van der Waals surface area contributed by atoms with Crippen LogP contribution >= 0.6 is 0 Å². The molecule has 5 rings (SSSR count). The molecule has 162 valence electrons. The highest BCUT2D eigenvalue weighted by molar-refractivity contribution is 7.89. The minimum Gasteiger partial charge on any atom is -0.361 e. The molecule has 1 saturated heterocycles. The SMILES string of the molecule is CCS(=O)(=O)N1CCC(c2c[nH]c3ccc(-c4ccc5c(c4)C(=O)CCC5)cc23)CC1. The maximum absolute atomic E-state index is 12.4. The van der Waals surface area contributed by atoms with Crippen LogP contribution < -0.4 is 0 Å². The Labute approximate surface area is 183 Å². The second kappa shape index (κ2) is 7.92. The number of benzene rings is 2. The number of piperidine rings is 1. The number of aromatic amines is 1. The Morgan fingerprint density at radius 1 is 1.03 bits per heavy atom. The molecule has 1 fully saturated rings. The smallest absolute Gasteiger partial charge is 0.213 e. The van der Waals surface area contributed by atoms with Crippen molar-refractivity contribution in [2.24, 2.45) is 0 Å². The number of aryl methyl sites for hydroxylation is 1. The topological polar surface area (TPSA) is 70.2 Å². The number of nitrogens with one attached hydrogen (secondary N) is 1. The van der Waals surface area contributed by atoms with Crippen LogP contribution in [-0.4, -0.2) is 42.3 Å². The number of hydrogen-bond donors (Lipinski definition) is 1. The molecule has 0 saturated carbocycles. The lowest BCUT2D eigenvalue weighted by Crippen LogP contribution is -2.38. The number of carbonyl (C=O) groups excluding carboxylic acids is 1. The Balaban J connectivity index is 1.45. The molecular weight excluding hydrogens is 408 g/mol. The van der Waals surface area contributed by atoms with Crippen LogP contribution in [0.2, 0.25) is 0 Å². The number of aromatic nitrogens is 1. The molecule has 0 amide bonds. The molecule has 0 unspecified atom stereocenters. The summed E-state index contributed by atoms with van der Waals surface area (Å²) in [6.45, 7) is 2.87. The molecule has 0 radical (unpaired) electrons. The highest BCUT2D eigenvalue weighted by Gasteiger charge is 2.28. The summed E-state index contributed by atoms with van der Waals surface area (Å²) in [5, 5.41) is 1.19. The van der Waals surface area contributed by atoms with Crippen LogP contribution in [0, 0.1) is 0 Å². The third kappa shape index (κ3) is 3.72. The second-order valence-electron chi connectivity index (χ2n) is 8.73. The molecule has 1 aliphatic carbocycles. The number of ketones is 1. The fraction of sp³-hybridized carbons (Fsp3) is 0.400. The second-order valence-corrected chi connectivity index (χ2v) is 11.0. The summed E-state index contributed by atoms with van der Waals surface area (Å²) in [6.07, 6.45) is 6.33. The van der Waals surface area contributed by atoms with E-state index in [4.69, 9.17) is 0 Å². The first-order valence-corrected chi connectivity index (χ1v) is 12.8. The van der Waals surface area contributed by atoms with Crippen LogP contribution in [0.3, 0.4) is 0 Å². The van der Waals surface area contributed by atoms with E-state index in [1.165, 1.54) is 10.9 Å². The molecule has 1 aromatic heterocycles. The molecule has 1 N–H and O–H groups in total. The molecule has 0 atom stereocenters. The van der Waals surface area contributed by atoms with Crippen LogP contribution in [0.4, 0.5) is 0 Å². The summed E-state index contributed by atoms with van der Waals surface area (Å²) < 4.78 is 26.0. The van der Waals surface area contributed by atoms with Gasteiger partial charge >= 0.3 is 0 Å². The zero-order chi connectivity index (χ0) is 21.6. The molecule has 5 nitrogen and oxygen atoms in total. The predicted octanol–water partition coefficient (Wildman–Crippen LogP) is 4.88. The van der Waals surface area contributed by atoms with Crippen molar-refractivity contribution in [3.8, 4) is 11.1 Å². The predicted molar refractivity (Wildman–Crippen MR) is 124 cm³/mol. The minimum absolute atomic E-state index is 0.164. The number of Topliss-reactive ketones (excluding diaryl/α,β-unsaturated/α-hetero) is 1. The summed E-state index contributed by atoms with van der Waals surface area (Å²) >= 11 is 0. The maximum Gasteiger partial charge on any atom is 0.213 e. The lowest BCUT2D eigenvalue weighted by molar-refractivity contribution is 0.0972. The molecule has 3 aromatic rings. The van der Waals surface area contributed by atoms with Gasteiger partial charge in [-0.05, 0) is 79.0 Å². The largest absolute Gasteiger partial charge is 0.361 e. The number of carbonyl (C=O) groups is 1. The lowest BCUT2D eigenvalue weighted by atomic mass is 9.87. The molecule has 6 heteroatoms. The van der Waals surface area contributed by atoms with Gasteiger partial charge in [-0.15, -0.1) is 0 Å².